The molecule has 1 heteroatoms. The number of pyridine rings is 1. The van der Waals surface area contributed by atoms with Crippen molar-refractivity contribution < 1.29 is 0 Å². The average Bonchev–Trinajstić information content (AvgIpc) is 2.27. The molecule has 0 saturated heterocycles. The van der Waals surface area contributed by atoms with Gasteiger partial charge in [0.2, 0.25) is 0 Å². The molecule has 2 rings (SSSR count). The van der Waals surface area contributed by atoms with Gasteiger partial charge in [0.1, 0.15) is 0 Å². The topological polar surface area (TPSA) is 12.9 Å². The largest absolute Gasteiger partial charge is 0.256 e. The van der Waals surface area contributed by atoms with Crippen LogP contribution in [0.5, 0.6) is 0 Å². The van der Waals surface area contributed by atoms with Crippen molar-refractivity contribution in [3.63, 3.8) is 0 Å². The Labute approximate surface area is 85.8 Å². The van der Waals surface area contributed by atoms with Crippen LogP contribution in [0.2, 0.25) is 0 Å². The molecular weight excluding hydrogens is 170 g/mol. The number of aryl methyl sites for hydroxylation is 2. The highest BCUT2D eigenvalue weighted by Crippen LogP contribution is 2.18. The number of fused-ring (bicyclic) bond motifs is 1. The fourth-order valence-corrected chi connectivity index (χ4v) is 1.39. The van der Waals surface area contributed by atoms with Crippen LogP contribution >= 0.6 is 0 Å². The molecule has 2 aromatic rings. The minimum Gasteiger partial charge on any atom is -0.256 e. The highest BCUT2D eigenvalue weighted by Gasteiger charge is 1.98. The van der Waals surface area contributed by atoms with Crippen LogP contribution in [0.3, 0.4) is 0 Å². The highest BCUT2D eigenvalue weighted by atomic mass is 14.6. The normalized spacial score (nSPS) is 9.43. The maximum Gasteiger partial charge on any atom is 0.0733 e. The zero-order valence-corrected chi connectivity index (χ0v) is 9.33. The van der Waals surface area contributed by atoms with Gasteiger partial charge in [-0.2, -0.15) is 0 Å². The van der Waals surface area contributed by atoms with Crippen LogP contribution in [-0.4, -0.2) is 4.98 Å². The van der Waals surface area contributed by atoms with Crippen molar-refractivity contribution in [1.29, 1.82) is 0 Å². The molecule has 74 valence electrons. The fourth-order valence-electron chi connectivity index (χ4n) is 1.39. The fraction of sp³-hybridized carbons (Fsp3) is 0.308. The Balaban J connectivity index is 0.000000461. The average molecular weight is 187 g/mol. The van der Waals surface area contributed by atoms with E-state index in [0.717, 1.165) is 5.52 Å². The van der Waals surface area contributed by atoms with Crippen LogP contribution in [0, 0.1) is 13.8 Å². The van der Waals surface area contributed by atoms with Crippen molar-refractivity contribution in [2.24, 2.45) is 0 Å². The summed E-state index contributed by atoms with van der Waals surface area (Å²) >= 11 is 0. The summed E-state index contributed by atoms with van der Waals surface area (Å²) in [7, 11) is 0. The molecule has 1 heterocycles. The quantitative estimate of drug-likeness (QED) is 0.610. The van der Waals surface area contributed by atoms with Crippen molar-refractivity contribution in [2.75, 3.05) is 0 Å². The molecule has 0 aliphatic rings. The van der Waals surface area contributed by atoms with Gasteiger partial charge in [-0.05, 0) is 31.0 Å². The van der Waals surface area contributed by atoms with E-state index in [0.29, 0.717) is 0 Å². The van der Waals surface area contributed by atoms with Crippen molar-refractivity contribution in [3.05, 3.63) is 41.6 Å². The third kappa shape index (κ3) is 1.92. The summed E-state index contributed by atoms with van der Waals surface area (Å²) in [6.45, 7) is 8.23. The summed E-state index contributed by atoms with van der Waals surface area (Å²) < 4.78 is 0. The first-order chi connectivity index (χ1) is 6.79. The predicted molar refractivity (Wildman–Crippen MR) is 62.6 cm³/mol. The van der Waals surface area contributed by atoms with Gasteiger partial charge in [0.15, 0.2) is 0 Å². The maximum atomic E-state index is 4.34. The molecule has 0 saturated carbocycles. The van der Waals surface area contributed by atoms with E-state index >= 15 is 0 Å². The number of hydrogen-bond donors (Lipinski definition) is 0. The van der Waals surface area contributed by atoms with E-state index in [1.54, 1.807) is 0 Å². The van der Waals surface area contributed by atoms with Crippen LogP contribution in [0.25, 0.3) is 10.9 Å². The van der Waals surface area contributed by atoms with E-state index in [1.807, 2.05) is 26.1 Å². The van der Waals surface area contributed by atoms with Crippen LogP contribution in [0.15, 0.2) is 30.5 Å². The molecule has 0 radical (unpaired) electrons. The molecule has 0 spiro atoms. The lowest BCUT2D eigenvalue weighted by Gasteiger charge is -2.02. The standard InChI is InChI=1S/C11H11N.C2H6/c1-8-5-6-10-4-3-7-12-11(10)9(8)2;1-2/h3-7H,1-2H3;1-2H3. The molecule has 1 nitrogen and oxygen atoms in total. The molecule has 0 unspecified atom stereocenters. The molecule has 0 amide bonds. The monoisotopic (exact) mass is 187 g/mol. The summed E-state index contributed by atoms with van der Waals surface area (Å²) in [6, 6.07) is 8.32. The molecule has 0 fully saturated rings. The number of aromatic nitrogens is 1. The Morgan fingerprint density at radius 3 is 2.43 bits per heavy atom. The first-order valence-corrected chi connectivity index (χ1v) is 5.10. The molecule has 1 aromatic heterocycles. The molecule has 0 N–H and O–H groups in total. The Kier molecular flexibility index (Phi) is 3.63. The van der Waals surface area contributed by atoms with Crippen LogP contribution in [-0.2, 0) is 0 Å². The molecular formula is C13H17N. The van der Waals surface area contributed by atoms with Crippen molar-refractivity contribution >= 4 is 10.9 Å². The van der Waals surface area contributed by atoms with E-state index in [-0.39, 0.29) is 0 Å². The van der Waals surface area contributed by atoms with Crippen molar-refractivity contribution in [1.82, 2.24) is 4.98 Å². The van der Waals surface area contributed by atoms with Crippen LogP contribution in [0.1, 0.15) is 25.0 Å². The van der Waals surface area contributed by atoms with Gasteiger partial charge in [-0.15, -0.1) is 0 Å². The van der Waals surface area contributed by atoms with E-state index in [4.69, 9.17) is 0 Å². The van der Waals surface area contributed by atoms with Gasteiger partial charge in [-0.25, -0.2) is 0 Å². The Hall–Kier alpha value is -1.37. The predicted octanol–water partition coefficient (Wildman–Crippen LogP) is 3.88. The summed E-state index contributed by atoms with van der Waals surface area (Å²) in [5.41, 5.74) is 3.71. The third-order valence-electron chi connectivity index (χ3n) is 2.30. The Morgan fingerprint density at radius 1 is 1.00 bits per heavy atom. The molecule has 0 aliphatic heterocycles. The van der Waals surface area contributed by atoms with Crippen molar-refractivity contribution in [3.8, 4) is 0 Å². The minimum absolute atomic E-state index is 1.12. The number of rotatable bonds is 0. The molecule has 0 aliphatic carbocycles. The minimum atomic E-state index is 1.12. The maximum absolute atomic E-state index is 4.34. The molecule has 1 aromatic carbocycles. The van der Waals surface area contributed by atoms with Gasteiger partial charge in [0.25, 0.3) is 0 Å². The van der Waals surface area contributed by atoms with Gasteiger partial charge in [-0.3, -0.25) is 4.98 Å². The summed E-state index contributed by atoms with van der Waals surface area (Å²) in [6.07, 6.45) is 1.84. The SMILES string of the molecule is CC.Cc1ccc2cccnc2c1C. The zero-order chi connectivity index (χ0) is 10.6. The lowest BCUT2D eigenvalue weighted by atomic mass is 10.1. The van der Waals surface area contributed by atoms with Gasteiger partial charge < -0.3 is 0 Å². The van der Waals surface area contributed by atoms with Crippen LogP contribution < -0.4 is 0 Å². The van der Waals surface area contributed by atoms with Gasteiger partial charge in [0.05, 0.1) is 5.52 Å². The van der Waals surface area contributed by atoms with Gasteiger partial charge >= 0.3 is 0 Å². The zero-order valence-electron chi connectivity index (χ0n) is 9.33. The first-order valence-electron chi connectivity index (χ1n) is 5.10. The highest BCUT2D eigenvalue weighted by molar-refractivity contribution is 5.82. The first kappa shape index (κ1) is 10.7. The molecule has 0 bridgehead atoms. The van der Waals surface area contributed by atoms with Gasteiger partial charge in [0, 0.05) is 11.6 Å². The van der Waals surface area contributed by atoms with E-state index in [1.165, 1.54) is 16.5 Å². The van der Waals surface area contributed by atoms with Crippen LogP contribution in [0.4, 0.5) is 0 Å². The Morgan fingerprint density at radius 2 is 1.71 bits per heavy atom. The van der Waals surface area contributed by atoms with E-state index in [9.17, 15) is 0 Å². The summed E-state index contributed by atoms with van der Waals surface area (Å²) in [5.74, 6) is 0. The second-order valence-corrected chi connectivity index (χ2v) is 3.08. The second-order valence-electron chi connectivity index (χ2n) is 3.08. The summed E-state index contributed by atoms with van der Waals surface area (Å²) in [5, 5.41) is 1.22. The summed E-state index contributed by atoms with van der Waals surface area (Å²) in [4.78, 5) is 4.34. The van der Waals surface area contributed by atoms with Gasteiger partial charge in [-0.1, -0.05) is 32.0 Å². The number of benzene rings is 1. The van der Waals surface area contributed by atoms with E-state index in [2.05, 4.69) is 37.0 Å². The third-order valence-corrected chi connectivity index (χ3v) is 2.30. The second kappa shape index (κ2) is 4.75. The number of nitrogens with zero attached hydrogens (tertiary/aromatic N) is 1. The lowest BCUT2D eigenvalue weighted by Crippen LogP contribution is -1.85. The Bertz CT molecular complexity index is 419. The van der Waals surface area contributed by atoms with Crippen molar-refractivity contribution in [2.45, 2.75) is 27.7 Å². The lowest BCUT2D eigenvalue weighted by molar-refractivity contribution is 1.31. The smallest absolute Gasteiger partial charge is 0.0733 e. The molecule has 14 heavy (non-hydrogen) atoms. The number of hydrogen-bond acceptors (Lipinski definition) is 1. The molecule has 0 atom stereocenters. The van der Waals surface area contributed by atoms with E-state index < -0.39 is 0 Å².